The molecule has 0 aliphatic rings. The van der Waals surface area contributed by atoms with Gasteiger partial charge in [0.15, 0.2) is 12.3 Å². The molecule has 0 bridgehead atoms. The zero-order chi connectivity index (χ0) is 18.2. The standard InChI is InChI=1S/C18H20Cl2N2O2S/c1-22(10-11-24-18-13(19)6-5-7-14(18)20)12-17(23)21-15-8-3-4-9-16(15)25-2/h3-9H,10-12H2,1-2H3,(H,21,23)/p+1. The highest BCUT2D eigenvalue weighted by atomic mass is 35.5. The number of nitrogens with one attached hydrogen (secondary N) is 2. The summed E-state index contributed by atoms with van der Waals surface area (Å²) < 4.78 is 5.65. The Morgan fingerprint density at radius 1 is 1.16 bits per heavy atom. The molecular formula is C18H21Cl2N2O2S+. The summed E-state index contributed by atoms with van der Waals surface area (Å²) in [6.07, 6.45) is 1.99. The van der Waals surface area contributed by atoms with E-state index in [2.05, 4.69) is 5.32 Å². The number of halogens is 2. The van der Waals surface area contributed by atoms with Crippen LogP contribution in [0.25, 0.3) is 0 Å². The van der Waals surface area contributed by atoms with Gasteiger partial charge in [-0.05, 0) is 30.5 Å². The number of likely N-dealkylation sites (N-methyl/N-ethyl adjacent to an activating group) is 1. The Morgan fingerprint density at radius 2 is 1.84 bits per heavy atom. The van der Waals surface area contributed by atoms with E-state index < -0.39 is 0 Å². The quantitative estimate of drug-likeness (QED) is 0.669. The van der Waals surface area contributed by atoms with Crippen LogP contribution in [0.1, 0.15) is 0 Å². The van der Waals surface area contributed by atoms with Gasteiger partial charge in [0.25, 0.3) is 5.91 Å². The van der Waals surface area contributed by atoms with Crippen molar-refractivity contribution in [1.29, 1.82) is 0 Å². The van der Waals surface area contributed by atoms with Crippen molar-refractivity contribution >= 4 is 46.6 Å². The van der Waals surface area contributed by atoms with Crippen LogP contribution < -0.4 is 15.0 Å². The fourth-order valence-electron chi connectivity index (χ4n) is 2.25. The van der Waals surface area contributed by atoms with Crippen molar-refractivity contribution in [3.63, 3.8) is 0 Å². The van der Waals surface area contributed by atoms with E-state index in [1.54, 1.807) is 30.0 Å². The van der Waals surface area contributed by atoms with Gasteiger partial charge in [-0.3, -0.25) is 4.79 Å². The van der Waals surface area contributed by atoms with Crippen LogP contribution in [0.15, 0.2) is 47.4 Å². The number of carbonyl (C=O) groups excluding carboxylic acids is 1. The molecule has 25 heavy (non-hydrogen) atoms. The van der Waals surface area contributed by atoms with E-state index in [1.165, 1.54) is 0 Å². The van der Waals surface area contributed by atoms with Gasteiger partial charge in [0.2, 0.25) is 0 Å². The van der Waals surface area contributed by atoms with Crippen molar-refractivity contribution in [2.24, 2.45) is 0 Å². The van der Waals surface area contributed by atoms with Gasteiger partial charge >= 0.3 is 0 Å². The molecule has 0 saturated carbocycles. The van der Waals surface area contributed by atoms with Gasteiger partial charge in [-0.1, -0.05) is 41.4 Å². The average Bonchev–Trinajstić information content (AvgIpc) is 2.58. The van der Waals surface area contributed by atoms with Gasteiger partial charge in [-0.25, -0.2) is 0 Å². The van der Waals surface area contributed by atoms with Gasteiger partial charge < -0.3 is 15.0 Å². The number of para-hydroxylation sites is 2. The van der Waals surface area contributed by atoms with Gasteiger partial charge in [0, 0.05) is 4.90 Å². The van der Waals surface area contributed by atoms with E-state index >= 15 is 0 Å². The number of quaternary nitrogens is 1. The molecule has 0 radical (unpaired) electrons. The smallest absolute Gasteiger partial charge is 0.279 e. The number of carbonyl (C=O) groups is 1. The van der Waals surface area contributed by atoms with E-state index in [4.69, 9.17) is 27.9 Å². The summed E-state index contributed by atoms with van der Waals surface area (Å²) in [6.45, 7) is 1.42. The van der Waals surface area contributed by atoms with E-state index in [-0.39, 0.29) is 5.91 Å². The Kier molecular flexibility index (Phi) is 7.90. The third-order valence-corrected chi connectivity index (χ3v) is 4.93. The minimum absolute atomic E-state index is 0.0326. The molecule has 1 atom stereocenters. The first kappa shape index (κ1) is 19.9. The van der Waals surface area contributed by atoms with Crippen LogP contribution in [0.5, 0.6) is 5.75 Å². The Bertz CT molecular complexity index is 708. The molecule has 1 amide bonds. The minimum atomic E-state index is -0.0326. The number of amides is 1. The molecule has 0 heterocycles. The minimum Gasteiger partial charge on any atom is -0.485 e. The second-order valence-corrected chi connectivity index (χ2v) is 7.19. The highest BCUT2D eigenvalue weighted by molar-refractivity contribution is 7.98. The summed E-state index contributed by atoms with van der Waals surface area (Å²) in [5, 5.41) is 3.92. The molecule has 0 saturated heterocycles. The third-order valence-electron chi connectivity index (χ3n) is 3.54. The lowest BCUT2D eigenvalue weighted by molar-refractivity contribution is -0.871. The summed E-state index contributed by atoms with van der Waals surface area (Å²) in [5.41, 5.74) is 0.840. The molecule has 2 aromatic rings. The predicted octanol–water partition coefficient (Wildman–Crippen LogP) is 3.25. The summed E-state index contributed by atoms with van der Waals surface area (Å²) in [5.74, 6) is 0.451. The molecule has 4 nitrogen and oxygen atoms in total. The largest absolute Gasteiger partial charge is 0.485 e. The van der Waals surface area contributed by atoms with Gasteiger partial charge in [0.1, 0.15) is 13.2 Å². The molecule has 134 valence electrons. The van der Waals surface area contributed by atoms with Gasteiger partial charge in [-0.2, -0.15) is 0 Å². The van der Waals surface area contributed by atoms with Crippen LogP contribution in [0.4, 0.5) is 5.69 Å². The van der Waals surface area contributed by atoms with E-state index in [9.17, 15) is 4.79 Å². The molecule has 0 aliphatic carbocycles. The highest BCUT2D eigenvalue weighted by Crippen LogP contribution is 2.32. The maximum atomic E-state index is 12.2. The first-order valence-corrected chi connectivity index (χ1v) is 9.80. The molecule has 0 spiro atoms. The molecule has 7 heteroatoms. The summed E-state index contributed by atoms with van der Waals surface area (Å²) in [7, 11) is 1.94. The van der Waals surface area contributed by atoms with Gasteiger partial charge in [-0.15, -0.1) is 11.8 Å². The molecule has 2 N–H and O–H groups in total. The lowest BCUT2D eigenvalue weighted by Crippen LogP contribution is -3.10. The number of hydrogen-bond acceptors (Lipinski definition) is 3. The normalized spacial score (nSPS) is 11.8. The fourth-order valence-corrected chi connectivity index (χ4v) is 3.31. The molecule has 2 aromatic carbocycles. The van der Waals surface area contributed by atoms with Crippen molar-refractivity contribution in [1.82, 2.24) is 0 Å². The maximum absolute atomic E-state index is 12.2. The first-order chi connectivity index (χ1) is 12.0. The van der Waals surface area contributed by atoms with Crippen molar-refractivity contribution in [2.45, 2.75) is 4.90 Å². The topological polar surface area (TPSA) is 42.8 Å². The molecule has 0 aliphatic heterocycles. The molecule has 1 unspecified atom stereocenters. The van der Waals surface area contributed by atoms with Crippen molar-refractivity contribution < 1.29 is 14.4 Å². The van der Waals surface area contributed by atoms with Crippen LogP contribution >= 0.6 is 35.0 Å². The monoisotopic (exact) mass is 399 g/mol. The van der Waals surface area contributed by atoms with Gasteiger partial charge in [0.05, 0.1) is 22.8 Å². The summed E-state index contributed by atoms with van der Waals surface area (Å²) >= 11 is 13.7. The van der Waals surface area contributed by atoms with Crippen LogP contribution in [0, 0.1) is 0 Å². The zero-order valence-electron chi connectivity index (χ0n) is 14.1. The maximum Gasteiger partial charge on any atom is 0.279 e. The van der Waals surface area contributed by atoms with Crippen LogP contribution in [-0.2, 0) is 4.79 Å². The van der Waals surface area contributed by atoms with Crippen molar-refractivity contribution in [2.75, 3.05) is 38.3 Å². The molecule has 0 fully saturated rings. The second-order valence-electron chi connectivity index (χ2n) is 5.53. The molecular weight excluding hydrogens is 379 g/mol. The predicted molar refractivity (Wildman–Crippen MR) is 105 cm³/mol. The molecule has 0 aromatic heterocycles. The summed E-state index contributed by atoms with van der Waals surface area (Å²) in [4.78, 5) is 14.3. The van der Waals surface area contributed by atoms with Crippen LogP contribution in [-0.4, -0.2) is 38.9 Å². The Balaban J connectivity index is 1.80. The van der Waals surface area contributed by atoms with E-state index in [0.29, 0.717) is 35.5 Å². The number of anilines is 1. The van der Waals surface area contributed by atoms with E-state index in [0.717, 1.165) is 15.5 Å². The fraction of sp³-hybridized carbons (Fsp3) is 0.278. The Hall–Kier alpha value is -1.40. The SMILES string of the molecule is CSc1ccccc1NC(=O)C[NH+](C)CCOc1c(Cl)cccc1Cl. The van der Waals surface area contributed by atoms with Crippen molar-refractivity contribution in [3.8, 4) is 5.75 Å². The average molecular weight is 400 g/mol. The lowest BCUT2D eigenvalue weighted by atomic mass is 10.3. The first-order valence-electron chi connectivity index (χ1n) is 7.82. The number of thioether (sulfide) groups is 1. The zero-order valence-corrected chi connectivity index (χ0v) is 16.5. The Morgan fingerprint density at radius 3 is 2.52 bits per heavy atom. The number of benzene rings is 2. The number of ether oxygens (including phenoxy) is 1. The number of rotatable bonds is 8. The van der Waals surface area contributed by atoms with Crippen LogP contribution in [0.2, 0.25) is 10.0 Å². The van der Waals surface area contributed by atoms with Crippen LogP contribution in [0.3, 0.4) is 0 Å². The third kappa shape index (κ3) is 6.12. The van der Waals surface area contributed by atoms with Crippen molar-refractivity contribution in [3.05, 3.63) is 52.5 Å². The lowest BCUT2D eigenvalue weighted by Gasteiger charge is -2.16. The number of hydrogen-bond donors (Lipinski definition) is 2. The summed E-state index contributed by atoms with van der Waals surface area (Å²) in [6, 6.07) is 13.0. The van der Waals surface area contributed by atoms with E-state index in [1.807, 2.05) is 37.6 Å². The molecule has 2 rings (SSSR count). The Labute approximate surface area is 162 Å². The second kappa shape index (κ2) is 9.92. The highest BCUT2D eigenvalue weighted by Gasteiger charge is 2.13.